The smallest absolute Gasteiger partial charge is 0.323 e. The first-order valence-corrected chi connectivity index (χ1v) is 14.4. The number of ether oxygens (including phenoxy) is 2. The summed E-state index contributed by atoms with van der Waals surface area (Å²) in [6.45, 7) is 8.80. The summed E-state index contributed by atoms with van der Waals surface area (Å²) in [6.07, 6.45) is 2.58. The van der Waals surface area contributed by atoms with Crippen molar-refractivity contribution in [2.24, 2.45) is 5.16 Å². The molecule has 2 heterocycles. The lowest BCUT2D eigenvalue weighted by Crippen LogP contribution is -2.45. The summed E-state index contributed by atoms with van der Waals surface area (Å²) in [5, 5.41) is 32.4. The fraction of sp³-hybridized carbons (Fsp3) is 0.467. The van der Waals surface area contributed by atoms with E-state index in [4.69, 9.17) is 14.6 Å². The number of hydrogen-bond donors (Lipinski definition) is 3. The second kappa shape index (κ2) is 11.6. The minimum Gasteiger partial charge on any atom is -0.507 e. The molecule has 1 fully saturated rings. The molecule has 2 unspecified atom stereocenters. The van der Waals surface area contributed by atoms with E-state index in [1.54, 1.807) is 19.1 Å². The molecule has 0 aliphatic carbocycles. The van der Waals surface area contributed by atoms with Crippen molar-refractivity contribution in [2.75, 3.05) is 13.2 Å². The van der Waals surface area contributed by atoms with Gasteiger partial charge in [0.1, 0.15) is 40.7 Å². The SMILES string of the molecule is CCCCC1(Cc2ccc(OCC3(C)CC(=NO)c4c(C)c(O)c(C)c(C)c4O3)cc2)SC(=O)N(CC(=O)O)C1=O. The van der Waals surface area contributed by atoms with Crippen LogP contribution in [-0.4, -0.2) is 66.6 Å². The van der Waals surface area contributed by atoms with Crippen LogP contribution in [0.25, 0.3) is 0 Å². The first-order chi connectivity index (χ1) is 19.3. The van der Waals surface area contributed by atoms with E-state index in [0.717, 1.165) is 40.6 Å². The number of unbranched alkanes of at least 4 members (excludes halogenated alkanes) is 1. The molecule has 2 atom stereocenters. The van der Waals surface area contributed by atoms with Gasteiger partial charge in [-0.2, -0.15) is 0 Å². The number of phenolic OH excluding ortho intramolecular Hbond substituents is 1. The minimum absolute atomic E-state index is 0.149. The molecule has 2 aliphatic rings. The molecule has 41 heavy (non-hydrogen) atoms. The molecule has 4 rings (SSSR count). The van der Waals surface area contributed by atoms with Crippen molar-refractivity contribution < 1.29 is 39.3 Å². The highest BCUT2D eigenvalue weighted by atomic mass is 32.2. The van der Waals surface area contributed by atoms with Crippen LogP contribution in [0.4, 0.5) is 4.79 Å². The van der Waals surface area contributed by atoms with E-state index in [1.807, 2.05) is 39.8 Å². The molecule has 10 nitrogen and oxygen atoms in total. The molecule has 2 amide bonds. The lowest BCUT2D eigenvalue weighted by molar-refractivity contribution is -0.142. The van der Waals surface area contributed by atoms with Gasteiger partial charge in [-0.3, -0.25) is 19.3 Å². The second-order valence-corrected chi connectivity index (χ2v) is 12.4. The highest BCUT2D eigenvalue weighted by Gasteiger charge is 2.52. The molecule has 2 aromatic rings. The number of oxime groups is 1. The fourth-order valence-electron chi connectivity index (χ4n) is 5.43. The average Bonchev–Trinajstić information content (AvgIpc) is 3.16. The predicted molar refractivity (Wildman–Crippen MR) is 155 cm³/mol. The van der Waals surface area contributed by atoms with Crippen LogP contribution in [0.3, 0.4) is 0 Å². The Bertz CT molecular complexity index is 1410. The Morgan fingerprint density at radius 2 is 1.83 bits per heavy atom. The van der Waals surface area contributed by atoms with Crippen LogP contribution in [0, 0.1) is 20.8 Å². The molecule has 2 aliphatic heterocycles. The summed E-state index contributed by atoms with van der Waals surface area (Å²) < 4.78 is 11.4. The lowest BCUT2D eigenvalue weighted by atomic mass is 9.86. The van der Waals surface area contributed by atoms with Crippen molar-refractivity contribution in [3.63, 3.8) is 0 Å². The molecule has 220 valence electrons. The topological polar surface area (TPSA) is 146 Å². The average molecular weight is 585 g/mol. The number of benzene rings is 2. The molecule has 11 heteroatoms. The molecule has 0 saturated carbocycles. The maximum absolute atomic E-state index is 13.2. The number of carbonyl (C=O) groups excluding carboxylic acids is 2. The maximum atomic E-state index is 13.2. The first-order valence-electron chi connectivity index (χ1n) is 13.6. The summed E-state index contributed by atoms with van der Waals surface area (Å²) in [6, 6.07) is 7.23. The number of hydrogen-bond acceptors (Lipinski definition) is 9. The van der Waals surface area contributed by atoms with Gasteiger partial charge in [-0.05, 0) is 81.1 Å². The number of imide groups is 1. The van der Waals surface area contributed by atoms with Gasteiger partial charge in [0.15, 0.2) is 0 Å². The highest BCUT2D eigenvalue weighted by molar-refractivity contribution is 8.16. The number of carboxylic acids is 1. The Morgan fingerprint density at radius 1 is 1.15 bits per heavy atom. The number of fused-ring (bicyclic) bond motifs is 1. The maximum Gasteiger partial charge on any atom is 0.323 e. The van der Waals surface area contributed by atoms with Gasteiger partial charge in [0.2, 0.25) is 5.91 Å². The van der Waals surface area contributed by atoms with E-state index in [0.29, 0.717) is 40.3 Å². The Hall–Kier alpha value is -3.73. The van der Waals surface area contributed by atoms with E-state index >= 15 is 0 Å². The van der Waals surface area contributed by atoms with Crippen molar-refractivity contribution >= 4 is 34.6 Å². The molecular formula is C30H36N2O8S. The Kier molecular flexibility index (Phi) is 8.58. The molecule has 0 spiro atoms. The van der Waals surface area contributed by atoms with Crippen molar-refractivity contribution in [1.82, 2.24) is 4.90 Å². The van der Waals surface area contributed by atoms with Gasteiger partial charge in [-0.25, -0.2) is 0 Å². The van der Waals surface area contributed by atoms with Gasteiger partial charge in [0.05, 0.1) is 5.71 Å². The summed E-state index contributed by atoms with van der Waals surface area (Å²) in [5.74, 6) is -0.407. The van der Waals surface area contributed by atoms with Crippen molar-refractivity contribution in [2.45, 2.75) is 77.1 Å². The van der Waals surface area contributed by atoms with E-state index in [9.17, 15) is 24.7 Å². The number of amides is 2. The molecule has 0 bridgehead atoms. The van der Waals surface area contributed by atoms with Gasteiger partial charge in [0, 0.05) is 17.5 Å². The highest BCUT2D eigenvalue weighted by Crippen LogP contribution is 2.45. The van der Waals surface area contributed by atoms with E-state index in [-0.39, 0.29) is 25.2 Å². The Balaban J connectivity index is 1.49. The van der Waals surface area contributed by atoms with Crippen LogP contribution in [0.5, 0.6) is 17.2 Å². The van der Waals surface area contributed by atoms with Gasteiger partial charge in [-0.15, -0.1) is 0 Å². The van der Waals surface area contributed by atoms with Gasteiger partial charge in [0.25, 0.3) is 5.24 Å². The lowest BCUT2D eigenvalue weighted by Gasteiger charge is -2.37. The zero-order valence-electron chi connectivity index (χ0n) is 23.9. The third-order valence-electron chi connectivity index (χ3n) is 7.84. The van der Waals surface area contributed by atoms with Crippen LogP contribution < -0.4 is 9.47 Å². The standard InChI is InChI=1S/C30H36N2O8S/c1-6-7-12-30(27(36)32(15-23(33)34)28(37)41-30)13-20-8-10-21(11-9-20)39-16-29(5)14-22(31-38)24-19(4)25(35)17(2)18(3)26(24)40-29/h8-11,35,38H,6-7,12-16H2,1-5H3,(H,33,34). The molecular weight excluding hydrogens is 548 g/mol. The molecule has 3 N–H and O–H groups in total. The third kappa shape index (κ3) is 5.86. The molecule has 0 radical (unpaired) electrons. The number of aliphatic carboxylic acids is 1. The Labute approximate surface area is 243 Å². The zero-order valence-corrected chi connectivity index (χ0v) is 24.8. The predicted octanol–water partition coefficient (Wildman–Crippen LogP) is 5.37. The number of carbonyl (C=O) groups is 3. The van der Waals surface area contributed by atoms with Crippen LogP contribution in [0.1, 0.15) is 67.3 Å². The largest absolute Gasteiger partial charge is 0.507 e. The molecule has 2 aromatic carbocycles. The molecule has 0 aromatic heterocycles. The van der Waals surface area contributed by atoms with Gasteiger partial charge in [-0.1, -0.05) is 37.1 Å². The minimum atomic E-state index is -1.23. The number of carboxylic acid groups (broad SMARTS) is 1. The number of thioether (sulfide) groups is 1. The summed E-state index contributed by atoms with van der Waals surface area (Å²) in [5.41, 5.74) is 3.03. The van der Waals surface area contributed by atoms with Crippen molar-refractivity contribution in [3.8, 4) is 17.2 Å². The number of aromatic hydroxyl groups is 1. The van der Waals surface area contributed by atoms with E-state index in [1.165, 1.54) is 0 Å². The quantitative estimate of drug-likeness (QED) is 0.248. The number of nitrogens with zero attached hydrogens (tertiary/aromatic N) is 2. The summed E-state index contributed by atoms with van der Waals surface area (Å²) in [7, 11) is 0. The monoisotopic (exact) mass is 584 g/mol. The van der Waals surface area contributed by atoms with Crippen molar-refractivity contribution in [3.05, 3.63) is 52.1 Å². The third-order valence-corrected chi connectivity index (χ3v) is 9.15. The summed E-state index contributed by atoms with van der Waals surface area (Å²) >= 11 is 0.918. The molecule has 1 saturated heterocycles. The van der Waals surface area contributed by atoms with Crippen LogP contribution in [0.15, 0.2) is 29.4 Å². The van der Waals surface area contributed by atoms with Crippen LogP contribution >= 0.6 is 11.8 Å². The van der Waals surface area contributed by atoms with Gasteiger partial charge < -0.3 is 24.9 Å². The number of rotatable bonds is 10. The van der Waals surface area contributed by atoms with Crippen molar-refractivity contribution in [1.29, 1.82) is 0 Å². The van der Waals surface area contributed by atoms with Gasteiger partial charge >= 0.3 is 5.97 Å². The van der Waals surface area contributed by atoms with E-state index < -0.39 is 34.0 Å². The fourth-order valence-corrected chi connectivity index (χ4v) is 6.70. The van der Waals surface area contributed by atoms with Crippen LogP contribution in [-0.2, 0) is 16.0 Å². The normalized spacial score (nSPS) is 23.0. The van der Waals surface area contributed by atoms with E-state index in [2.05, 4.69) is 5.16 Å². The Morgan fingerprint density at radius 3 is 2.44 bits per heavy atom. The first kappa shape index (κ1) is 30.2. The zero-order chi connectivity index (χ0) is 30.1. The second-order valence-electron chi connectivity index (χ2n) is 11.1. The number of phenols is 1. The summed E-state index contributed by atoms with van der Waals surface area (Å²) in [4.78, 5) is 37.8. The van der Waals surface area contributed by atoms with Crippen LogP contribution in [0.2, 0.25) is 0 Å².